The van der Waals surface area contributed by atoms with E-state index in [0.29, 0.717) is 17.5 Å². The predicted octanol–water partition coefficient (Wildman–Crippen LogP) is 13.9. The minimum atomic E-state index is 0.248. The number of rotatable bonds is 6. The van der Waals surface area contributed by atoms with E-state index in [9.17, 15) is 0 Å². The zero-order chi connectivity index (χ0) is 37.7. The van der Waals surface area contributed by atoms with Crippen molar-refractivity contribution in [2.24, 2.45) is 0 Å². The molecule has 0 bridgehead atoms. The second-order valence-corrected chi connectivity index (χ2v) is 14.7. The average Bonchev–Trinajstić information content (AvgIpc) is 3.67. The molecule has 0 saturated carbocycles. The second kappa shape index (κ2) is 13.7. The van der Waals surface area contributed by atoms with E-state index in [1.165, 1.54) is 27.3 Å². The van der Waals surface area contributed by atoms with Gasteiger partial charge in [-0.3, -0.25) is 0 Å². The highest BCUT2D eigenvalue weighted by Crippen LogP contribution is 2.43. The first kappa shape index (κ1) is 33.0. The van der Waals surface area contributed by atoms with E-state index in [2.05, 4.69) is 176 Å². The van der Waals surface area contributed by atoms with E-state index in [-0.39, 0.29) is 5.92 Å². The Morgan fingerprint density at radius 3 is 1.96 bits per heavy atom. The molecule has 0 aliphatic heterocycles. The summed E-state index contributed by atoms with van der Waals surface area (Å²) in [6, 6.07) is 61.8. The van der Waals surface area contributed by atoms with Crippen LogP contribution in [-0.4, -0.2) is 15.0 Å². The van der Waals surface area contributed by atoms with Crippen LogP contribution in [0.3, 0.4) is 0 Å². The molecule has 8 aromatic carbocycles. The number of benzene rings is 8. The second-order valence-electron chi connectivity index (χ2n) is 14.7. The first-order chi connectivity index (χ1) is 28.2. The first-order valence-corrected chi connectivity index (χ1v) is 19.5. The molecule has 57 heavy (non-hydrogen) atoms. The minimum Gasteiger partial charge on any atom is -0.456 e. The summed E-state index contributed by atoms with van der Waals surface area (Å²) in [5, 5.41) is 6.86. The van der Waals surface area contributed by atoms with E-state index in [4.69, 9.17) is 19.4 Å². The van der Waals surface area contributed by atoms with Crippen LogP contribution in [0, 0.1) is 0 Å². The Morgan fingerprint density at radius 1 is 0.456 bits per heavy atom. The summed E-state index contributed by atoms with van der Waals surface area (Å²) >= 11 is 0. The zero-order valence-electron chi connectivity index (χ0n) is 31.0. The Labute approximate surface area is 330 Å². The van der Waals surface area contributed by atoms with Gasteiger partial charge in [0.05, 0.1) is 0 Å². The van der Waals surface area contributed by atoms with Crippen LogP contribution in [0.2, 0.25) is 0 Å². The molecular weight excluding hydrogens is 695 g/mol. The van der Waals surface area contributed by atoms with Crippen molar-refractivity contribution in [2.45, 2.75) is 12.3 Å². The van der Waals surface area contributed by atoms with Gasteiger partial charge >= 0.3 is 0 Å². The lowest BCUT2D eigenvalue weighted by atomic mass is 9.87. The van der Waals surface area contributed by atoms with Crippen LogP contribution < -0.4 is 0 Å². The largest absolute Gasteiger partial charge is 0.456 e. The molecule has 1 aliphatic rings. The third-order valence-corrected chi connectivity index (χ3v) is 11.3. The molecule has 1 unspecified atom stereocenters. The SMILES string of the molecule is C1=CC(c2cccc3ccccc23)CC=C1c1nc(-c2ccc3ccccc3c2)nc(-c2c(-c3ccc(-c4ccccc4)cc3)ccc3oc4ccccc4c23)n1. The van der Waals surface area contributed by atoms with E-state index in [1.807, 2.05) is 18.2 Å². The van der Waals surface area contributed by atoms with E-state index >= 15 is 0 Å². The average molecular weight is 730 g/mol. The van der Waals surface area contributed by atoms with Crippen LogP contribution in [0.15, 0.2) is 199 Å². The van der Waals surface area contributed by atoms with Crippen molar-refractivity contribution in [1.29, 1.82) is 0 Å². The molecule has 2 heterocycles. The van der Waals surface area contributed by atoms with Gasteiger partial charge in [-0.2, -0.15) is 0 Å². The van der Waals surface area contributed by atoms with Gasteiger partial charge < -0.3 is 4.42 Å². The monoisotopic (exact) mass is 729 g/mol. The predicted molar refractivity (Wildman–Crippen MR) is 235 cm³/mol. The molecule has 10 aromatic rings. The van der Waals surface area contributed by atoms with E-state index < -0.39 is 0 Å². The van der Waals surface area contributed by atoms with Crippen molar-refractivity contribution in [3.05, 3.63) is 206 Å². The molecule has 268 valence electrons. The lowest BCUT2D eigenvalue weighted by Gasteiger charge is -2.19. The maximum absolute atomic E-state index is 6.48. The van der Waals surface area contributed by atoms with Crippen molar-refractivity contribution in [3.8, 4) is 45.0 Å². The van der Waals surface area contributed by atoms with Gasteiger partial charge in [-0.15, -0.1) is 0 Å². The number of allylic oxidation sites excluding steroid dienone is 4. The van der Waals surface area contributed by atoms with Crippen molar-refractivity contribution in [1.82, 2.24) is 15.0 Å². The van der Waals surface area contributed by atoms with E-state index in [1.54, 1.807) is 0 Å². The fraction of sp³-hybridized carbons (Fsp3) is 0.0377. The lowest BCUT2D eigenvalue weighted by Crippen LogP contribution is -2.06. The topological polar surface area (TPSA) is 51.8 Å². The number of furan rings is 1. The van der Waals surface area contributed by atoms with Crippen molar-refractivity contribution in [2.75, 3.05) is 0 Å². The molecule has 0 fully saturated rings. The summed E-state index contributed by atoms with van der Waals surface area (Å²) in [6.45, 7) is 0. The molecule has 1 atom stereocenters. The van der Waals surface area contributed by atoms with Crippen molar-refractivity contribution < 1.29 is 4.42 Å². The summed E-state index contributed by atoms with van der Waals surface area (Å²) < 4.78 is 6.48. The third-order valence-electron chi connectivity index (χ3n) is 11.3. The molecular formula is C53H35N3O. The Hall–Kier alpha value is -7.43. The maximum atomic E-state index is 6.48. The fourth-order valence-electron chi connectivity index (χ4n) is 8.43. The van der Waals surface area contributed by atoms with Gasteiger partial charge in [0.1, 0.15) is 11.2 Å². The van der Waals surface area contributed by atoms with Gasteiger partial charge in [-0.1, -0.05) is 170 Å². The molecule has 11 rings (SSSR count). The lowest BCUT2D eigenvalue weighted by molar-refractivity contribution is 0.669. The van der Waals surface area contributed by atoms with Crippen LogP contribution in [0.5, 0.6) is 0 Å². The van der Waals surface area contributed by atoms with Gasteiger partial charge in [-0.05, 0) is 80.0 Å². The number of nitrogens with zero attached hydrogens (tertiary/aromatic N) is 3. The fourth-order valence-corrected chi connectivity index (χ4v) is 8.43. The van der Waals surface area contributed by atoms with Crippen LogP contribution in [0.4, 0.5) is 0 Å². The molecule has 0 radical (unpaired) electrons. The summed E-state index contributed by atoms with van der Waals surface area (Å²) in [4.78, 5) is 15.9. The van der Waals surface area contributed by atoms with Gasteiger partial charge in [0, 0.05) is 33.4 Å². The van der Waals surface area contributed by atoms with Gasteiger partial charge in [0.15, 0.2) is 17.5 Å². The number of hydrogen-bond donors (Lipinski definition) is 0. The molecule has 0 saturated heterocycles. The Bertz CT molecular complexity index is 3210. The summed E-state index contributed by atoms with van der Waals surface area (Å²) in [5.74, 6) is 2.12. The van der Waals surface area contributed by atoms with Gasteiger partial charge in [-0.25, -0.2) is 15.0 Å². The Morgan fingerprint density at radius 2 is 1.12 bits per heavy atom. The Kier molecular flexibility index (Phi) is 7.92. The summed E-state index contributed by atoms with van der Waals surface area (Å²) in [5.41, 5.74) is 10.2. The maximum Gasteiger partial charge on any atom is 0.165 e. The minimum absolute atomic E-state index is 0.248. The standard InChI is InChI=1S/C53H35N3O/c1-2-11-34(12-3-1)36-21-24-39(25-22-36)45-31-32-48-49(46-18-8-9-20-47(46)57-48)50(45)53-55-51(54-52(56-53)42-30-23-35-13-4-5-15-41(35)33-42)40-28-26-38(27-29-40)44-19-10-16-37-14-6-7-17-43(37)44/h1-26,28-33,38H,27H2. The third kappa shape index (κ3) is 5.90. The number of fused-ring (bicyclic) bond motifs is 5. The highest BCUT2D eigenvalue weighted by Gasteiger charge is 2.23. The summed E-state index contributed by atoms with van der Waals surface area (Å²) in [7, 11) is 0. The van der Waals surface area contributed by atoms with Crippen molar-refractivity contribution in [3.63, 3.8) is 0 Å². The number of hydrogen-bond acceptors (Lipinski definition) is 4. The molecule has 4 heteroatoms. The van der Waals surface area contributed by atoms with Gasteiger partial charge in [0.25, 0.3) is 0 Å². The summed E-state index contributed by atoms with van der Waals surface area (Å²) in [6.07, 6.45) is 7.62. The number of aromatic nitrogens is 3. The van der Waals surface area contributed by atoms with Crippen LogP contribution in [0.1, 0.15) is 23.7 Å². The molecule has 2 aromatic heterocycles. The van der Waals surface area contributed by atoms with Crippen LogP contribution in [-0.2, 0) is 0 Å². The Balaban J connectivity index is 1.11. The van der Waals surface area contributed by atoms with Crippen molar-refractivity contribution >= 4 is 49.1 Å². The smallest absolute Gasteiger partial charge is 0.165 e. The van der Waals surface area contributed by atoms with Gasteiger partial charge in [0.2, 0.25) is 0 Å². The molecule has 0 spiro atoms. The van der Waals surface area contributed by atoms with Crippen LogP contribution >= 0.6 is 0 Å². The highest BCUT2D eigenvalue weighted by atomic mass is 16.3. The molecule has 4 nitrogen and oxygen atoms in total. The molecule has 0 amide bonds. The number of para-hydroxylation sites is 1. The highest BCUT2D eigenvalue weighted by molar-refractivity contribution is 6.15. The zero-order valence-corrected chi connectivity index (χ0v) is 31.0. The van der Waals surface area contributed by atoms with Crippen LogP contribution in [0.25, 0.3) is 94.1 Å². The first-order valence-electron chi connectivity index (χ1n) is 19.5. The molecule has 0 N–H and O–H groups in total. The molecule has 1 aliphatic carbocycles. The van der Waals surface area contributed by atoms with E-state index in [0.717, 1.165) is 67.1 Å². The quantitative estimate of drug-likeness (QED) is 0.171. The normalized spacial score (nSPS) is 14.1.